The molecule has 0 aliphatic carbocycles. The van der Waals surface area contributed by atoms with Crippen LogP contribution in [0, 0.1) is 0 Å². The smallest absolute Gasteiger partial charge is 0.289 e. The zero-order valence-corrected chi connectivity index (χ0v) is 13.8. The number of rotatable bonds is 6. The van der Waals surface area contributed by atoms with E-state index < -0.39 is 16.6 Å². The first kappa shape index (κ1) is 16.4. The Hall–Kier alpha value is -0.626. The molecule has 17 heavy (non-hydrogen) atoms. The minimum Gasteiger partial charge on any atom is -0.520 e. The van der Waals surface area contributed by atoms with Crippen molar-refractivity contribution in [3.05, 3.63) is 0 Å². The highest BCUT2D eigenvalue weighted by atomic mass is 28.4. The van der Waals surface area contributed by atoms with Gasteiger partial charge in [-0.15, -0.1) is 0 Å². The van der Waals surface area contributed by atoms with Crippen LogP contribution in [0.2, 0.25) is 38.3 Å². The van der Waals surface area contributed by atoms with Crippen molar-refractivity contribution in [1.29, 1.82) is 0 Å². The zero-order valence-electron chi connectivity index (χ0n) is 11.8. The van der Waals surface area contributed by atoms with E-state index in [0.29, 0.717) is 0 Å². The van der Waals surface area contributed by atoms with E-state index >= 15 is 0 Å². The van der Waals surface area contributed by atoms with Crippen LogP contribution in [-0.4, -0.2) is 28.6 Å². The summed E-state index contributed by atoms with van der Waals surface area (Å²) in [6.45, 7) is 11.0. The Morgan fingerprint density at radius 2 is 1.12 bits per heavy atom. The van der Waals surface area contributed by atoms with Crippen LogP contribution in [0.25, 0.3) is 0 Å². The normalized spacial score (nSPS) is 12.1. The SMILES string of the molecule is CC(=O)O[Si](C)(C)CCC[Si](C)(C)OC(C)=O. The Bertz CT molecular complexity index is 259. The molecule has 0 amide bonds. The first-order chi connectivity index (χ1) is 7.54. The van der Waals surface area contributed by atoms with Gasteiger partial charge in [-0.2, -0.15) is 0 Å². The van der Waals surface area contributed by atoms with Crippen molar-refractivity contribution in [3.63, 3.8) is 0 Å². The van der Waals surface area contributed by atoms with E-state index in [2.05, 4.69) is 0 Å². The number of carbonyl (C=O) groups is 2. The van der Waals surface area contributed by atoms with Crippen LogP contribution in [0.4, 0.5) is 0 Å². The van der Waals surface area contributed by atoms with Gasteiger partial charge in [-0.05, 0) is 38.3 Å². The molecule has 0 heterocycles. The molecule has 0 bridgehead atoms. The van der Waals surface area contributed by atoms with Crippen molar-refractivity contribution in [1.82, 2.24) is 0 Å². The lowest BCUT2D eigenvalue weighted by Gasteiger charge is -2.25. The van der Waals surface area contributed by atoms with Gasteiger partial charge in [-0.1, -0.05) is 6.42 Å². The van der Waals surface area contributed by atoms with E-state index in [1.54, 1.807) is 0 Å². The quantitative estimate of drug-likeness (QED) is 0.700. The molecule has 0 aromatic heterocycles. The summed E-state index contributed by atoms with van der Waals surface area (Å²) < 4.78 is 10.7. The predicted molar refractivity (Wildman–Crippen MR) is 72.7 cm³/mol. The molecular weight excluding hydrogens is 252 g/mol. The standard InChI is InChI=1S/C11H24O4Si2/c1-10(12)14-16(3,4)8-7-9-17(5,6)15-11(2)13/h7-9H2,1-6H3. The van der Waals surface area contributed by atoms with Gasteiger partial charge in [0.1, 0.15) is 0 Å². The van der Waals surface area contributed by atoms with Crippen molar-refractivity contribution >= 4 is 28.6 Å². The molecule has 0 aliphatic heterocycles. The monoisotopic (exact) mass is 276 g/mol. The van der Waals surface area contributed by atoms with E-state index in [0.717, 1.165) is 18.5 Å². The van der Waals surface area contributed by atoms with Crippen LogP contribution in [0.3, 0.4) is 0 Å². The van der Waals surface area contributed by atoms with E-state index in [4.69, 9.17) is 8.85 Å². The van der Waals surface area contributed by atoms with Gasteiger partial charge in [0.05, 0.1) is 0 Å². The lowest BCUT2D eigenvalue weighted by molar-refractivity contribution is -0.133. The maximum absolute atomic E-state index is 10.9. The highest BCUT2D eigenvalue weighted by Crippen LogP contribution is 2.21. The second kappa shape index (κ2) is 6.35. The average Bonchev–Trinajstić information content (AvgIpc) is 1.96. The summed E-state index contributed by atoms with van der Waals surface area (Å²) in [6, 6.07) is 1.84. The molecule has 0 radical (unpaired) electrons. The van der Waals surface area contributed by atoms with Crippen LogP contribution in [0.15, 0.2) is 0 Å². The van der Waals surface area contributed by atoms with Crippen molar-refractivity contribution < 1.29 is 18.4 Å². The maximum Gasteiger partial charge on any atom is 0.289 e. The summed E-state index contributed by atoms with van der Waals surface area (Å²) in [6.07, 6.45) is 0.957. The van der Waals surface area contributed by atoms with Crippen LogP contribution < -0.4 is 0 Å². The summed E-state index contributed by atoms with van der Waals surface area (Å²) in [5.41, 5.74) is 0. The second-order valence-corrected chi connectivity index (χ2v) is 14.0. The fourth-order valence-corrected chi connectivity index (χ4v) is 5.99. The van der Waals surface area contributed by atoms with Gasteiger partial charge < -0.3 is 8.85 Å². The van der Waals surface area contributed by atoms with Gasteiger partial charge in [-0.25, -0.2) is 0 Å². The minimum atomic E-state index is -1.87. The number of carbonyl (C=O) groups excluding carboxylic acids is 2. The van der Waals surface area contributed by atoms with E-state index in [1.165, 1.54) is 13.8 Å². The Balaban J connectivity index is 4.05. The van der Waals surface area contributed by atoms with E-state index in [9.17, 15) is 9.59 Å². The molecule has 6 heteroatoms. The van der Waals surface area contributed by atoms with Gasteiger partial charge in [-0.3, -0.25) is 9.59 Å². The first-order valence-corrected chi connectivity index (χ1v) is 12.2. The van der Waals surface area contributed by atoms with Crippen molar-refractivity contribution in [2.75, 3.05) is 0 Å². The Kier molecular flexibility index (Phi) is 6.11. The van der Waals surface area contributed by atoms with Crippen molar-refractivity contribution in [2.45, 2.75) is 58.5 Å². The molecule has 0 aromatic rings. The molecule has 0 rings (SSSR count). The van der Waals surface area contributed by atoms with Crippen LogP contribution in [-0.2, 0) is 18.4 Å². The number of hydrogen-bond donors (Lipinski definition) is 0. The fraction of sp³-hybridized carbons (Fsp3) is 0.818. The third-order valence-electron chi connectivity index (χ3n) is 2.40. The lowest BCUT2D eigenvalue weighted by Crippen LogP contribution is -2.35. The van der Waals surface area contributed by atoms with Crippen molar-refractivity contribution in [2.24, 2.45) is 0 Å². The molecule has 0 saturated carbocycles. The summed E-state index contributed by atoms with van der Waals surface area (Å²) in [5.74, 6) is -0.392. The third kappa shape index (κ3) is 9.11. The van der Waals surface area contributed by atoms with Gasteiger partial charge in [0.2, 0.25) is 16.6 Å². The molecular formula is C11H24O4Si2. The van der Waals surface area contributed by atoms with Crippen LogP contribution in [0.5, 0.6) is 0 Å². The summed E-state index contributed by atoms with van der Waals surface area (Å²) in [4.78, 5) is 21.8. The summed E-state index contributed by atoms with van der Waals surface area (Å²) >= 11 is 0. The summed E-state index contributed by atoms with van der Waals surface area (Å²) in [7, 11) is -3.75. The van der Waals surface area contributed by atoms with Gasteiger partial charge in [0.25, 0.3) is 11.9 Å². The fourth-order valence-electron chi connectivity index (χ4n) is 1.82. The maximum atomic E-state index is 10.9. The second-order valence-electron chi connectivity index (χ2n) is 5.56. The average molecular weight is 276 g/mol. The van der Waals surface area contributed by atoms with Crippen LogP contribution >= 0.6 is 0 Å². The highest BCUT2D eigenvalue weighted by Gasteiger charge is 2.29. The molecule has 4 nitrogen and oxygen atoms in total. The molecule has 0 saturated heterocycles. The molecule has 100 valence electrons. The third-order valence-corrected chi connectivity index (χ3v) is 7.19. The molecule has 0 unspecified atom stereocenters. The first-order valence-electron chi connectivity index (χ1n) is 5.93. The lowest BCUT2D eigenvalue weighted by atomic mass is 10.6. The van der Waals surface area contributed by atoms with E-state index in [-0.39, 0.29) is 11.9 Å². The Morgan fingerprint density at radius 1 is 0.824 bits per heavy atom. The van der Waals surface area contributed by atoms with Gasteiger partial charge in [0.15, 0.2) is 0 Å². The van der Waals surface area contributed by atoms with E-state index in [1.807, 2.05) is 26.2 Å². The largest absolute Gasteiger partial charge is 0.520 e. The minimum absolute atomic E-state index is 0.196. The predicted octanol–water partition coefficient (Wildman–Crippen LogP) is 2.91. The molecule has 0 aromatic carbocycles. The molecule has 0 atom stereocenters. The highest BCUT2D eigenvalue weighted by molar-refractivity contribution is 6.74. The topological polar surface area (TPSA) is 52.6 Å². The molecule has 0 N–H and O–H groups in total. The summed E-state index contributed by atoms with van der Waals surface area (Å²) in [5, 5.41) is 0. The molecule has 0 aliphatic rings. The molecule has 0 fully saturated rings. The number of hydrogen-bond acceptors (Lipinski definition) is 4. The van der Waals surface area contributed by atoms with Crippen molar-refractivity contribution in [3.8, 4) is 0 Å². The Morgan fingerprint density at radius 3 is 1.35 bits per heavy atom. The van der Waals surface area contributed by atoms with Gasteiger partial charge in [0, 0.05) is 13.8 Å². The van der Waals surface area contributed by atoms with Crippen LogP contribution in [0.1, 0.15) is 20.3 Å². The molecule has 0 spiro atoms. The van der Waals surface area contributed by atoms with Gasteiger partial charge >= 0.3 is 0 Å². The zero-order chi connectivity index (χ0) is 13.7. The Labute approximate surface area is 106 Å².